The summed E-state index contributed by atoms with van der Waals surface area (Å²) in [6.07, 6.45) is 1.54. The lowest BCUT2D eigenvalue weighted by Crippen LogP contribution is -2.40. The average molecular weight is 295 g/mol. The predicted molar refractivity (Wildman–Crippen MR) is 86.1 cm³/mol. The van der Waals surface area contributed by atoms with Crippen molar-refractivity contribution in [2.75, 3.05) is 20.3 Å². The lowest BCUT2D eigenvalue weighted by molar-refractivity contribution is 0.188. The normalized spacial score (nSPS) is 14.6. The van der Waals surface area contributed by atoms with Crippen molar-refractivity contribution in [1.29, 1.82) is 0 Å². The second kappa shape index (κ2) is 7.14. The first-order chi connectivity index (χ1) is 9.69. The van der Waals surface area contributed by atoms with Gasteiger partial charge in [-0.25, -0.2) is 0 Å². The van der Waals surface area contributed by atoms with Crippen LogP contribution in [0.25, 0.3) is 0 Å². The van der Waals surface area contributed by atoms with Gasteiger partial charge in [-0.1, -0.05) is 20.8 Å². The Labute approximate surface area is 128 Å². The highest BCUT2D eigenvalue weighted by Crippen LogP contribution is 2.34. The number of benzene rings is 1. The maximum Gasteiger partial charge on any atom is 0.123 e. The molecule has 0 fully saturated rings. The Bertz CT molecular complexity index is 450. The molecule has 0 amide bonds. The van der Waals surface area contributed by atoms with Crippen molar-refractivity contribution in [1.82, 2.24) is 0 Å². The fraction of sp³-hybridized carbons (Fsp3) is 0.647. The Hall–Kier alpha value is -1.26. The third kappa shape index (κ3) is 5.56. The number of aliphatic hydroxyl groups excluding tert-OH is 1. The molecule has 0 aliphatic carbocycles. The Morgan fingerprint density at radius 3 is 2.38 bits per heavy atom. The van der Waals surface area contributed by atoms with E-state index in [1.807, 2.05) is 25.1 Å². The van der Waals surface area contributed by atoms with E-state index < -0.39 is 5.54 Å². The zero-order valence-corrected chi connectivity index (χ0v) is 13.9. The summed E-state index contributed by atoms with van der Waals surface area (Å²) in [7, 11) is 1.67. The van der Waals surface area contributed by atoms with Crippen LogP contribution in [0, 0.1) is 0 Å². The standard InChI is InChI=1S/C17H29NO3/c1-16(2,3)14-11-13(20-5)7-8-15(14)21-10-6-9-17(4,18)12-19/h7-8,11,19H,6,9-10,12,18H2,1-5H3. The first-order valence-electron chi connectivity index (χ1n) is 7.41. The Morgan fingerprint density at radius 1 is 1.19 bits per heavy atom. The zero-order valence-electron chi connectivity index (χ0n) is 13.9. The van der Waals surface area contributed by atoms with Crippen molar-refractivity contribution < 1.29 is 14.6 Å². The molecule has 1 atom stereocenters. The van der Waals surface area contributed by atoms with Gasteiger partial charge in [0.15, 0.2) is 0 Å². The lowest BCUT2D eigenvalue weighted by atomic mass is 9.86. The monoisotopic (exact) mass is 295 g/mol. The Morgan fingerprint density at radius 2 is 1.86 bits per heavy atom. The van der Waals surface area contributed by atoms with Crippen molar-refractivity contribution >= 4 is 0 Å². The van der Waals surface area contributed by atoms with E-state index >= 15 is 0 Å². The van der Waals surface area contributed by atoms with E-state index in [2.05, 4.69) is 20.8 Å². The van der Waals surface area contributed by atoms with Crippen LogP contribution in [0.2, 0.25) is 0 Å². The fourth-order valence-corrected chi connectivity index (χ4v) is 2.09. The molecule has 0 aliphatic rings. The van der Waals surface area contributed by atoms with Crippen LogP contribution in [0.15, 0.2) is 18.2 Å². The summed E-state index contributed by atoms with van der Waals surface area (Å²) in [5.74, 6) is 1.72. The predicted octanol–water partition coefficient (Wildman–Crippen LogP) is 2.86. The lowest BCUT2D eigenvalue weighted by Gasteiger charge is -2.24. The Balaban J connectivity index is 2.71. The highest BCUT2D eigenvalue weighted by atomic mass is 16.5. The summed E-state index contributed by atoms with van der Waals surface area (Å²) in [6, 6.07) is 5.88. The van der Waals surface area contributed by atoms with Crippen LogP contribution in [0.1, 0.15) is 46.1 Å². The molecule has 0 aliphatic heterocycles. The molecule has 3 N–H and O–H groups in total. The minimum Gasteiger partial charge on any atom is -0.497 e. The van der Waals surface area contributed by atoms with Crippen LogP contribution in [0.4, 0.5) is 0 Å². The van der Waals surface area contributed by atoms with Crippen LogP contribution < -0.4 is 15.2 Å². The summed E-state index contributed by atoms with van der Waals surface area (Å²) in [5, 5.41) is 9.14. The van der Waals surface area contributed by atoms with Gasteiger partial charge in [0.2, 0.25) is 0 Å². The van der Waals surface area contributed by atoms with E-state index in [4.69, 9.17) is 20.3 Å². The van der Waals surface area contributed by atoms with Crippen molar-refractivity contribution in [3.8, 4) is 11.5 Å². The van der Waals surface area contributed by atoms with Crippen LogP contribution in [-0.2, 0) is 5.41 Å². The molecule has 0 heterocycles. The number of rotatable bonds is 7. The van der Waals surface area contributed by atoms with E-state index in [0.29, 0.717) is 6.61 Å². The number of methoxy groups -OCH3 is 1. The molecule has 1 unspecified atom stereocenters. The van der Waals surface area contributed by atoms with E-state index in [-0.39, 0.29) is 12.0 Å². The molecular formula is C17H29NO3. The van der Waals surface area contributed by atoms with Gasteiger partial charge in [0.25, 0.3) is 0 Å². The average Bonchev–Trinajstić information content (AvgIpc) is 2.42. The highest BCUT2D eigenvalue weighted by molar-refractivity contribution is 5.44. The second-order valence-electron chi connectivity index (χ2n) is 6.88. The van der Waals surface area contributed by atoms with Gasteiger partial charge in [0, 0.05) is 11.1 Å². The number of aliphatic hydroxyl groups is 1. The molecule has 0 bridgehead atoms. The molecule has 0 saturated carbocycles. The van der Waals surface area contributed by atoms with E-state index in [0.717, 1.165) is 29.9 Å². The van der Waals surface area contributed by atoms with Gasteiger partial charge in [-0.05, 0) is 43.4 Å². The molecule has 1 aromatic carbocycles. The number of ether oxygens (including phenoxy) is 2. The van der Waals surface area contributed by atoms with E-state index in [1.165, 1.54) is 0 Å². The molecule has 0 aromatic heterocycles. The van der Waals surface area contributed by atoms with Gasteiger partial charge in [-0.2, -0.15) is 0 Å². The van der Waals surface area contributed by atoms with Gasteiger partial charge in [-0.3, -0.25) is 0 Å². The molecule has 120 valence electrons. The van der Waals surface area contributed by atoms with Crippen molar-refractivity contribution in [3.63, 3.8) is 0 Å². The second-order valence-corrected chi connectivity index (χ2v) is 6.88. The van der Waals surface area contributed by atoms with E-state index in [1.54, 1.807) is 7.11 Å². The number of hydrogen-bond acceptors (Lipinski definition) is 4. The zero-order chi connectivity index (χ0) is 16.1. The number of hydrogen-bond donors (Lipinski definition) is 2. The van der Waals surface area contributed by atoms with Gasteiger partial charge in [0.1, 0.15) is 11.5 Å². The molecule has 0 saturated heterocycles. The summed E-state index contributed by atoms with van der Waals surface area (Å²) in [6.45, 7) is 8.87. The van der Waals surface area contributed by atoms with Crippen LogP contribution in [0.5, 0.6) is 11.5 Å². The quantitative estimate of drug-likeness (QED) is 0.759. The van der Waals surface area contributed by atoms with E-state index in [9.17, 15) is 0 Å². The molecule has 0 spiro atoms. The maximum atomic E-state index is 9.14. The molecule has 1 aromatic rings. The van der Waals surface area contributed by atoms with Gasteiger partial charge in [-0.15, -0.1) is 0 Å². The molecule has 4 heteroatoms. The Kier molecular flexibility index (Phi) is 6.05. The summed E-state index contributed by atoms with van der Waals surface area (Å²) < 4.78 is 11.2. The third-order valence-corrected chi connectivity index (χ3v) is 3.51. The van der Waals surface area contributed by atoms with Gasteiger partial charge in [0.05, 0.1) is 20.3 Å². The topological polar surface area (TPSA) is 64.7 Å². The number of nitrogens with two attached hydrogens (primary N) is 1. The molecule has 1 rings (SSSR count). The van der Waals surface area contributed by atoms with Crippen molar-refractivity contribution in [2.24, 2.45) is 5.73 Å². The molecule has 21 heavy (non-hydrogen) atoms. The maximum absolute atomic E-state index is 9.14. The first-order valence-corrected chi connectivity index (χ1v) is 7.41. The van der Waals surface area contributed by atoms with Crippen LogP contribution in [0.3, 0.4) is 0 Å². The molecular weight excluding hydrogens is 266 g/mol. The minimum atomic E-state index is -0.532. The van der Waals surface area contributed by atoms with Gasteiger partial charge < -0.3 is 20.3 Å². The highest BCUT2D eigenvalue weighted by Gasteiger charge is 2.20. The SMILES string of the molecule is COc1ccc(OCCCC(C)(N)CO)c(C(C)(C)C)c1. The summed E-state index contributed by atoms with van der Waals surface area (Å²) in [5.41, 5.74) is 6.49. The minimum absolute atomic E-state index is 0.0111. The van der Waals surface area contributed by atoms with Gasteiger partial charge >= 0.3 is 0 Å². The van der Waals surface area contributed by atoms with Crippen molar-refractivity contribution in [3.05, 3.63) is 23.8 Å². The third-order valence-electron chi connectivity index (χ3n) is 3.51. The van der Waals surface area contributed by atoms with Crippen LogP contribution >= 0.6 is 0 Å². The smallest absolute Gasteiger partial charge is 0.123 e. The first kappa shape index (κ1) is 17.8. The molecule has 4 nitrogen and oxygen atoms in total. The summed E-state index contributed by atoms with van der Waals surface area (Å²) >= 11 is 0. The summed E-state index contributed by atoms with van der Waals surface area (Å²) in [4.78, 5) is 0. The van der Waals surface area contributed by atoms with Crippen LogP contribution in [-0.4, -0.2) is 31.0 Å². The largest absolute Gasteiger partial charge is 0.497 e. The van der Waals surface area contributed by atoms with Crippen molar-refractivity contribution in [2.45, 2.75) is 51.5 Å². The fourth-order valence-electron chi connectivity index (χ4n) is 2.09. The molecule has 0 radical (unpaired) electrons.